The van der Waals surface area contributed by atoms with Gasteiger partial charge in [0.1, 0.15) is 6.61 Å². The number of carbonyl (C=O) groups excluding carboxylic acids is 1. The molecule has 3 rings (SSSR count). The molecule has 7 nitrogen and oxygen atoms in total. The van der Waals surface area contributed by atoms with Gasteiger partial charge in [0.2, 0.25) is 0 Å². The van der Waals surface area contributed by atoms with Gasteiger partial charge >= 0.3 is 11.7 Å². The molecule has 26 heavy (non-hydrogen) atoms. The number of nitrogens with zero attached hydrogens (tertiary/aromatic N) is 3. The average molecular weight is 353 g/mol. The number of benzene rings is 1. The Balaban J connectivity index is 1.95. The van der Waals surface area contributed by atoms with Crippen molar-refractivity contribution in [1.82, 2.24) is 14.1 Å². The Hall–Kier alpha value is -3.22. The first-order valence-corrected chi connectivity index (χ1v) is 8.09. The number of ether oxygens (including phenoxy) is 1. The van der Waals surface area contributed by atoms with Crippen molar-refractivity contribution in [3.8, 4) is 0 Å². The molecule has 0 saturated heterocycles. The molecule has 0 spiro atoms. The lowest BCUT2D eigenvalue weighted by Crippen LogP contribution is -2.38. The average Bonchev–Trinajstić information content (AvgIpc) is 2.61. The number of pyridine rings is 1. The summed E-state index contributed by atoms with van der Waals surface area (Å²) < 4.78 is 7.65. The Morgan fingerprint density at radius 3 is 2.54 bits per heavy atom. The van der Waals surface area contributed by atoms with Gasteiger partial charge < -0.3 is 4.74 Å². The van der Waals surface area contributed by atoms with E-state index in [4.69, 9.17) is 4.74 Å². The van der Waals surface area contributed by atoms with Crippen LogP contribution < -0.4 is 11.2 Å². The van der Waals surface area contributed by atoms with Crippen molar-refractivity contribution >= 4 is 16.9 Å². The van der Waals surface area contributed by atoms with Crippen LogP contribution in [0.1, 0.15) is 27.3 Å². The predicted octanol–water partition coefficient (Wildman–Crippen LogP) is 1.61. The van der Waals surface area contributed by atoms with Crippen molar-refractivity contribution in [3.05, 3.63) is 73.7 Å². The molecular formula is C19H19N3O4. The summed E-state index contributed by atoms with van der Waals surface area (Å²) in [6, 6.07) is 8.63. The van der Waals surface area contributed by atoms with Crippen molar-refractivity contribution in [2.45, 2.75) is 20.5 Å². The summed E-state index contributed by atoms with van der Waals surface area (Å²) in [5, 5.41) is 0.707. The summed E-state index contributed by atoms with van der Waals surface area (Å²) in [6.45, 7) is 3.57. The minimum Gasteiger partial charge on any atom is -0.456 e. The fourth-order valence-corrected chi connectivity index (χ4v) is 2.77. The number of hydrogen-bond donors (Lipinski definition) is 0. The van der Waals surface area contributed by atoms with Crippen LogP contribution >= 0.6 is 0 Å². The zero-order valence-electron chi connectivity index (χ0n) is 15.1. The highest BCUT2D eigenvalue weighted by Gasteiger charge is 2.15. The van der Waals surface area contributed by atoms with Gasteiger partial charge in [-0.1, -0.05) is 11.6 Å². The lowest BCUT2D eigenvalue weighted by Gasteiger charge is -2.12. The predicted molar refractivity (Wildman–Crippen MR) is 97.3 cm³/mol. The van der Waals surface area contributed by atoms with Gasteiger partial charge in [0.15, 0.2) is 0 Å². The van der Waals surface area contributed by atoms with E-state index in [2.05, 4.69) is 4.98 Å². The third kappa shape index (κ3) is 3.15. The molecule has 0 atom stereocenters. The maximum absolute atomic E-state index is 12.6. The highest BCUT2D eigenvalue weighted by molar-refractivity contribution is 6.03. The van der Waals surface area contributed by atoms with E-state index < -0.39 is 17.2 Å². The molecule has 0 aliphatic carbocycles. The number of rotatable bonds is 3. The molecule has 0 unspecified atom stereocenters. The van der Waals surface area contributed by atoms with Crippen LogP contribution in [0.4, 0.5) is 0 Å². The van der Waals surface area contributed by atoms with Crippen LogP contribution in [0.2, 0.25) is 0 Å². The van der Waals surface area contributed by atoms with Crippen LogP contribution in [0.5, 0.6) is 0 Å². The Morgan fingerprint density at radius 2 is 1.81 bits per heavy atom. The van der Waals surface area contributed by atoms with E-state index in [0.717, 1.165) is 10.1 Å². The Bertz CT molecular complexity index is 1140. The summed E-state index contributed by atoms with van der Waals surface area (Å²) in [7, 11) is 2.93. The summed E-state index contributed by atoms with van der Waals surface area (Å²) >= 11 is 0. The Morgan fingerprint density at radius 1 is 1.08 bits per heavy atom. The van der Waals surface area contributed by atoms with Crippen LogP contribution in [-0.2, 0) is 25.4 Å². The van der Waals surface area contributed by atoms with E-state index in [-0.39, 0.29) is 6.61 Å². The maximum atomic E-state index is 12.6. The molecule has 0 saturated carbocycles. The number of hydrogen-bond acceptors (Lipinski definition) is 5. The van der Waals surface area contributed by atoms with Gasteiger partial charge in [-0.3, -0.25) is 18.9 Å². The normalized spacial score (nSPS) is 10.9. The molecule has 0 amide bonds. The molecule has 0 aliphatic rings. The van der Waals surface area contributed by atoms with Crippen LogP contribution in [0.3, 0.4) is 0 Å². The molecule has 0 radical (unpaired) electrons. The van der Waals surface area contributed by atoms with Gasteiger partial charge in [-0.25, -0.2) is 9.59 Å². The molecule has 3 aromatic rings. The van der Waals surface area contributed by atoms with Crippen molar-refractivity contribution in [2.75, 3.05) is 0 Å². The van der Waals surface area contributed by atoms with Crippen molar-refractivity contribution in [3.63, 3.8) is 0 Å². The second kappa shape index (κ2) is 6.59. The quantitative estimate of drug-likeness (QED) is 0.668. The third-order valence-corrected chi connectivity index (χ3v) is 4.29. The number of esters is 1. The van der Waals surface area contributed by atoms with Gasteiger partial charge in [0.05, 0.1) is 16.8 Å². The van der Waals surface area contributed by atoms with Gasteiger partial charge in [-0.05, 0) is 32.0 Å². The smallest absolute Gasteiger partial charge is 0.339 e. The number of fused-ring (bicyclic) bond motifs is 1. The third-order valence-electron chi connectivity index (χ3n) is 4.29. The second-order valence-corrected chi connectivity index (χ2v) is 6.28. The maximum Gasteiger partial charge on any atom is 0.339 e. The molecule has 0 bridgehead atoms. The SMILES string of the molecule is Cc1ccc2nc(C)cc(C(=O)OCc3cc(=O)n(C)c(=O)n3C)c2c1. The first kappa shape index (κ1) is 17.6. The summed E-state index contributed by atoms with van der Waals surface area (Å²) in [5.74, 6) is -0.528. The minimum absolute atomic E-state index is 0.171. The lowest BCUT2D eigenvalue weighted by molar-refractivity contribution is 0.0465. The van der Waals surface area contributed by atoms with Gasteiger partial charge in [0.25, 0.3) is 5.56 Å². The van der Waals surface area contributed by atoms with E-state index in [1.54, 1.807) is 13.0 Å². The molecule has 134 valence electrons. The molecule has 0 aliphatic heterocycles. The van der Waals surface area contributed by atoms with Crippen LogP contribution in [-0.4, -0.2) is 20.1 Å². The Labute approximate surface area is 149 Å². The largest absolute Gasteiger partial charge is 0.456 e. The summed E-state index contributed by atoms with van der Waals surface area (Å²) in [5.41, 5.74) is 2.25. The van der Waals surface area contributed by atoms with E-state index >= 15 is 0 Å². The first-order valence-electron chi connectivity index (χ1n) is 8.09. The molecular weight excluding hydrogens is 334 g/mol. The van der Waals surface area contributed by atoms with Gasteiger partial charge in [-0.2, -0.15) is 0 Å². The van der Waals surface area contributed by atoms with Gasteiger partial charge in [-0.15, -0.1) is 0 Å². The molecule has 0 fully saturated rings. The van der Waals surface area contributed by atoms with E-state index in [1.807, 2.05) is 25.1 Å². The zero-order chi connectivity index (χ0) is 19.0. The zero-order valence-corrected chi connectivity index (χ0v) is 15.1. The van der Waals surface area contributed by atoms with Crippen LogP contribution in [0.25, 0.3) is 10.9 Å². The van der Waals surface area contributed by atoms with Crippen LogP contribution in [0, 0.1) is 13.8 Å². The second-order valence-electron chi connectivity index (χ2n) is 6.28. The molecule has 7 heteroatoms. The molecule has 2 aromatic heterocycles. The fourth-order valence-electron chi connectivity index (χ4n) is 2.77. The van der Waals surface area contributed by atoms with Gasteiger partial charge in [0, 0.05) is 31.2 Å². The standard InChI is InChI=1S/C19H19N3O4/c1-11-5-6-16-14(7-11)15(8-12(2)20-16)18(24)26-10-13-9-17(23)22(4)19(25)21(13)3/h5-9H,10H2,1-4H3. The summed E-state index contributed by atoms with van der Waals surface area (Å²) in [4.78, 5) is 40.8. The monoisotopic (exact) mass is 353 g/mol. The van der Waals surface area contributed by atoms with E-state index in [1.165, 1.54) is 24.7 Å². The molecule has 2 heterocycles. The highest BCUT2D eigenvalue weighted by atomic mass is 16.5. The highest BCUT2D eigenvalue weighted by Crippen LogP contribution is 2.21. The van der Waals surface area contributed by atoms with Crippen molar-refractivity contribution in [1.29, 1.82) is 0 Å². The number of aromatic nitrogens is 3. The first-order chi connectivity index (χ1) is 12.3. The number of aryl methyl sites for hydroxylation is 2. The topological polar surface area (TPSA) is 83.2 Å². The van der Waals surface area contributed by atoms with Crippen LogP contribution in [0.15, 0.2) is 39.9 Å². The molecule has 0 N–H and O–H groups in total. The van der Waals surface area contributed by atoms with Crippen molar-refractivity contribution in [2.24, 2.45) is 14.1 Å². The van der Waals surface area contributed by atoms with Crippen molar-refractivity contribution < 1.29 is 9.53 Å². The fraction of sp³-hybridized carbons (Fsp3) is 0.263. The molecule has 1 aromatic carbocycles. The lowest BCUT2D eigenvalue weighted by atomic mass is 10.1. The summed E-state index contributed by atoms with van der Waals surface area (Å²) in [6.07, 6.45) is 0. The minimum atomic E-state index is -0.528. The van der Waals surface area contributed by atoms with E-state index in [0.29, 0.717) is 27.9 Å². The number of carbonyl (C=O) groups is 1. The van der Waals surface area contributed by atoms with E-state index in [9.17, 15) is 14.4 Å². The Kier molecular flexibility index (Phi) is 4.46.